The normalized spacial score (nSPS) is 10.3. The number of nitrogens with two attached hydrogens (primary N) is 1. The summed E-state index contributed by atoms with van der Waals surface area (Å²) in [5.41, 5.74) is 5.92. The topological polar surface area (TPSA) is 90.1 Å². The first-order valence-corrected chi connectivity index (χ1v) is 6.71. The standard InChI is InChI=1S/C14H15N3O3S/c1-9-8-17(14(19)16-13(9)18)5-6-20-11-4-2-3-10(7-11)12(15)21/h2-4,7-8H,5-6H2,1H3,(H2,15,21)(H,16,18,19). The number of benzene rings is 1. The lowest BCUT2D eigenvalue weighted by atomic mass is 10.2. The number of H-pyrrole nitrogens is 1. The lowest BCUT2D eigenvalue weighted by Crippen LogP contribution is -2.32. The molecule has 1 aromatic carbocycles. The number of rotatable bonds is 5. The highest BCUT2D eigenvalue weighted by Crippen LogP contribution is 2.13. The third-order valence-electron chi connectivity index (χ3n) is 2.91. The van der Waals surface area contributed by atoms with Gasteiger partial charge in [0, 0.05) is 17.3 Å². The number of nitrogens with zero attached hydrogens (tertiary/aromatic N) is 1. The Labute approximate surface area is 126 Å². The minimum absolute atomic E-state index is 0.284. The Morgan fingerprint density at radius 1 is 1.43 bits per heavy atom. The zero-order valence-corrected chi connectivity index (χ0v) is 12.3. The van der Waals surface area contributed by atoms with Crippen molar-refractivity contribution >= 4 is 17.2 Å². The van der Waals surface area contributed by atoms with E-state index in [1.165, 1.54) is 10.8 Å². The third-order valence-corrected chi connectivity index (χ3v) is 3.14. The Kier molecular flexibility index (Phi) is 4.54. The number of thiocarbonyl (C=S) groups is 1. The van der Waals surface area contributed by atoms with Crippen LogP contribution >= 0.6 is 12.2 Å². The van der Waals surface area contributed by atoms with Crippen LogP contribution in [0.25, 0.3) is 0 Å². The van der Waals surface area contributed by atoms with E-state index in [0.717, 1.165) is 5.56 Å². The second-order valence-electron chi connectivity index (χ2n) is 4.51. The van der Waals surface area contributed by atoms with E-state index in [4.69, 9.17) is 22.7 Å². The van der Waals surface area contributed by atoms with Crippen LogP contribution in [0.5, 0.6) is 5.75 Å². The fraction of sp³-hybridized carbons (Fsp3) is 0.214. The van der Waals surface area contributed by atoms with Crippen molar-refractivity contribution in [3.05, 3.63) is 62.4 Å². The molecule has 0 atom stereocenters. The van der Waals surface area contributed by atoms with E-state index in [9.17, 15) is 9.59 Å². The lowest BCUT2D eigenvalue weighted by Gasteiger charge is -2.09. The summed E-state index contributed by atoms with van der Waals surface area (Å²) >= 11 is 4.90. The van der Waals surface area contributed by atoms with Gasteiger partial charge in [0.15, 0.2) is 0 Å². The van der Waals surface area contributed by atoms with Crippen molar-refractivity contribution in [2.75, 3.05) is 6.61 Å². The molecular formula is C14H15N3O3S. The predicted octanol–water partition coefficient (Wildman–Crippen LogP) is 0.558. The number of aromatic amines is 1. The maximum atomic E-state index is 11.6. The smallest absolute Gasteiger partial charge is 0.328 e. The van der Waals surface area contributed by atoms with Crippen molar-refractivity contribution in [2.24, 2.45) is 5.73 Å². The van der Waals surface area contributed by atoms with Crippen LogP contribution in [0.2, 0.25) is 0 Å². The SMILES string of the molecule is Cc1cn(CCOc2cccc(C(N)=S)c2)c(=O)[nH]c1=O. The van der Waals surface area contributed by atoms with Crippen molar-refractivity contribution in [1.82, 2.24) is 9.55 Å². The maximum Gasteiger partial charge on any atom is 0.328 e. The van der Waals surface area contributed by atoms with Gasteiger partial charge in [-0.2, -0.15) is 0 Å². The number of nitrogens with one attached hydrogen (secondary N) is 1. The van der Waals surface area contributed by atoms with E-state index >= 15 is 0 Å². The average molecular weight is 305 g/mol. The highest BCUT2D eigenvalue weighted by Gasteiger charge is 2.02. The van der Waals surface area contributed by atoms with Gasteiger partial charge in [0.1, 0.15) is 17.3 Å². The summed E-state index contributed by atoms with van der Waals surface area (Å²) in [6, 6.07) is 7.11. The summed E-state index contributed by atoms with van der Waals surface area (Å²) in [7, 11) is 0. The molecule has 0 aliphatic heterocycles. The minimum Gasteiger partial charge on any atom is -0.492 e. The first kappa shape index (κ1) is 15.0. The Morgan fingerprint density at radius 3 is 2.90 bits per heavy atom. The molecule has 110 valence electrons. The molecule has 0 fully saturated rings. The number of aromatic nitrogens is 2. The summed E-state index contributed by atoms with van der Waals surface area (Å²) in [6.45, 7) is 2.25. The zero-order valence-electron chi connectivity index (χ0n) is 11.5. The molecule has 6 nitrogen and oxygen atoms in total. The molecule has 0 unspecified atom stereocenters. The van der Waals surface area contributed by atoms with Gasteiger partial charge in [-0.3, -0.25) is 14.3 Å². The van der Waals surface area contributed by atoms with Gasteiger partial charge < -0.3 is 10.5 Å². The summed E-state index contributed by atoms with van der Waals surface area (Å²) < 4.78 is 6.96. The van der Waals surface area contributed by atoms with E-state index in [2.05, 4.69) is 4.98 Å². The third kappa shape index (κ3) is 3.79. The quantitative estimate of drug-likeness (QED) is 0.788. The van der Waals surface area contributed by atoms with E-state index < -0.39 is 5.69 Å². The first-order chi connectivity index (χ1) is 9.97. The summed E-state index contributed by atoms with van der Waals surface area (Å²) in [6.07, 6.45) is 1.51. The lowest BCUT2D eigenvalue weighted by molar-refractivity contribution is 0.295. The minimum atomic E-state index is -0.453. The molecule has 0 aliphatic rings. The summed E-state index contributed by atoms with van der Waals surface area (Å²) in [5.74, 6) is 0.620. The van der Waals surface area contributed by atoms with Crippen molar-refractivity contribution in [3.8, 4) is 5.75 Å². The highest BCUT2D eigenvalue weighted by atomic mass is 32.1. The molecule has 0 saturated heterocycles. The monoisotopic (exact) mass is 305 g/mol. The van der Waals surface area contributed by atoms with Gasteiger partial charge in [-0.05, 0) is 19.1 Å². The van der Waals surface area contributed by atoms with Crippen LogP contribution in [0.15, 0.2) is 40.1 Å². The van der Waals surface area contributed by atoms with Gasteiger partial charge in [0.2, 0.25) is 0 Å². The highest BCUT2D eigenvalue weighted by molar-refractivity contribution is 7.80. The van der Waals surface area contributed by atoms with Gasteiger partial charge in [0.05, 0.1) is 6.54 Å². The van der Waals surface area contributed by atoms with Crippen molar-refractivity contribution in [1.29, 1.82) is 0 Å². The predicted molar refractivity (Wildman–Crippen MR) is 83.9 cm³/mol. The van der Waals surface area contributed by atoms with Crippen molar-refractivity contribution < 1.29 is 4.74 Å². The molecule has 0 radical (unpaired) electrons. The van der Waals surface area contributed by atoms with Crippen LogP contribution in [0, 0.1) is 6.92 Å². The van der Waals surface area contributed by atoms with Gasteiger partial charge in [0.25, 0.3) is 5.56 Å². The van der Waals surface area contributed by atoms with Crippen LogP contribution in [-0.2, 0) is 6.54 Å². The average Bonchev–Trinajstić information content (AvgIpc) is 2.44. The van der Waals surface area contributed by atoms with E-state index in [1.807, 2.05) is 0 Å². The molecule has 2 rings (SSSR count). The van der Waals surface area contributed by atoms with Crippen LogP contribution in [0.1, 0.15) is 11.1 Å². The molecule has 2 aromatic rings. The van der Waals surface area contributed by atoms with Gasteiger partial charge in [-0.1, -0.05) is 24.4 Å². The molecule has 1 heterocycles. The van der Waals surface area contributed by atoms with Crippen LogP contribution in [-0.4, -0.2) is 21.1 Å². The summed E-state index contributed by atoms with van der Waals surface area (Å²) in [4.78, 5) is 25.4. The molecule has 0 aliphatic carbocycles. The second-order valence-corrected chi connectivity index (χ2v) is 4.95. The summed E-state index contributed by atoms with van der Waals surface area (Å²) in [5, 5.41) is 0. The molecule has 0 amide bonds. The number of hydrogen-bond donors (Lipinski definition) is 2. The second kappa shape index (κ2) is 6.36. The Morgan fingerprint density at radius 2 is 2.19 bits per heavy atom. The van der Waals surface area contributed by atoms with Gasteiger partial charge in [-0.25, -0.2) is 4.79 Å². The first-order valence-electron chi connectivity index (χ1n) is 6.30. The molecule has 0 bridgehead atoms. The molecule has 7 heteroatoms. The van der Waals surface area contributed by atoms with Gasteiger partial charge in [-0.15, -0.1) is 0 Å². The Bertz CT molecular complexity index is 780. The van der Waals surface area contributed by atoms with Gasteiger partial charge >= 0.3 is 5.69 Å². The Balaban J connectivity index is 2.03. The Hall–Kier alpha value is -2.41. The molecule has 0 spiro atoms. The van der Waals surface area contributed by atoms with Crippen LogP contribution in [0.3, 0.4) is 0 Å². The zero-order chi connectivity index (χ0) is 15.4. The van der Waals surface area contributed by atoms with Crippen LogP contribution in [0.4, 0.5) is 0 Å². The number of aryl methyl sites for hydroxylation is 1. The molecule has 3 N–H and O–H groups in total. The number of hydrogen-bond acceptors (Lipinski definition) is 4. The fourth-order valence-electron chi connectivity index (χ4n) is 1.79. The maximum absolute atomic E-state index is 11.6. The number of ether oxygens (including phenoxy) is 1. The van der Waals surface area contributed by atoms with Crippen molar-refractivity contribution in [2.45, 2.75) is 13.5 Å². The largest absolute Gasteiger partial charge is 0.492 e. The van der Waals surface area contributed by atoms with E-state index in [1.54, 1.807) is 31.2 Å². The fourth-order valence-corrected chi connectivity index (χ4v) is 1.91. The molecule has 0 saturated carbocycles. The van der Waals surface area contributed by atoms with Crippen LogP contribution < -0.4 is 21.7 Å². The molecule has 1 aromatic heterocycles. The molecular weight excluding hydrogens is 290 g/mol. The molecule has 21 heavy (non-hydrogen) atoms. The van der Waals surface area contributed by atoms with E-state index in [0.29, 0.717) is 22.8 Å². The van der Waals surface area contributed by atoms with E-state index in [-0.39, 0.29) is 12.2 Å². The van der Waals surface area contributed by atoms with Crippen molar-refractivity contribution in [3.63, 3.8) is 0 Å².